The van der Waals surface area contributed by atoms with Crippen molar-refractivity contribution in [3.8, 4) is 0 Å². The van der Waals surface area contributed by atoms with Crippen molar-refractivity contribution < 1.29 is 9.84 Å². The smallest absolute Gasteiger partial charge is 0.0802 e. The van der Waals surface area contributed by atoms with Crippen LogP contribution in [0.4, 0.5) is 0 Å². The monoisotopic (exact) mass is 291 g/mol. The third-order valence-electron chi connectivity index (χ3n) is 4.18. The first-order valence-electron chi connectivity index (χ1n) is 8.36. The average molecular weight is 291 g/mol. The van der Waals surface area contributed by atoms with Crippen molar-refractivity contribution in [1.82, 2.24) is 4.90 Å². The molecule has 1 N–H and O–H groups in total. The van der Waals surface area contributed by atoms with E-state index in [4.69, 9.17) is 4.74 Å². The van der Waals surface area contributed by atoms with Crippen LogP contribution in [0.15, 0.2) is 30.3 Å². The zero-order valence-electron chi connectivity index (χ0n) is 13.2. The van der Waals surface area contributed by atoms with Gasteiger partial charge in [0.1, 0.15) is 0 Å². The maximum absolute atomic E-state index is 10.3. The summed E-state index contributed by atoms with van der Waals surface area (Å²) in [5, 5.41) is 10.3. The Hall–Kier alpha value is -0.900. The Morgan fingerprint density at radius 2 is 2.05 bits per heavy atom. The molecule has 1 aliphatic rings. The summed E-state index contributed by atoms with van der Waals surface area (Å²) in [4.78, 5) is 2.45. The fourth-order valence-corrected chi connectivity index (χ4v) is 3.00. The maximum Gasteiger partial charge on any atom is 0.0802 e. The first-order chi connectivity index (χ1) is 10.3. The molecule has 0 aromatic heterocycles. The highest BCUT2D eigenvalue weighted by Gasteiger charge is 2.18. The van der Waals surface area contributed by atoms with Gasteiger partial charge in [0.15, 0.2) is 0 Å². The second-order valence-corrected chi connectivity index (χ2v) is 6.00. The topological polar surface area (TPSA) is 32.7 Å². The molecule has 1 aromatic rings. The van der Waals surface area contributed by atoms with Crippen molar-refractivity contribution in [2.75, 3.05) is 26.2 Å². The van der Waals surface area contributed by atoms with E-state index >= 15 is 0 Å². The van der Waals surface area contributed by atoms with Crippen LogP contribution in [0.2, 0.25) is 0 Å². The molecule has 1 aliphatic heterocycles. The van der Waals surface area contributed by atoms with E-state index in [0.717, 1.165) is 44.6 Å². The highest BCUT2D eigenvalue weighted by molar-refractivity contribution is 5.17. The van der Waals surface area contributed by atoms with Gasteiger partial charge in [-0.05, 0) is 44.2 Å². The van der Waals surface area contributed by atoms with Gasteiger partial charge < -0.3 is 14.7 Å². The second kappa shape index (κ2) is 9.19. The van der Waals surface area contributed by atoms with Gasteiger partial charge in [-0.15, -0.1) is 0 Å². The summed E-state index contributed by atoms with van der Waals surface area (Å²) >= 11 is 0. The fraction of sp³-hybridized carbons (Fsp3) is 0.667. The number of rotatable bonds is 8. The molecule has 2 rings (SSSR count). The molecular weight excluding hydrogens is 262 g/mol. The fourth-order valence-electron chi connectivity index (χ4n) is 3.00. The number of ether oxygens (including phenoxy) is 1. The van der Waals surface area contributed by atoms with Crippen LogP contribution in [0.1, 0.15) is 50.7 Å². The van der Waals surface area contributed by atoms with E-state index < -0.39 is 0 Å². The Labute approximate surface area is 128 Å². The molecule has 1 saturated heterocycles. The van der Waals surface area contributed by atoms with Crippen LogP contribution >= 0.6 is 0 Å². The van der Waals surface area contributed by atoms with Gasteiger partial charge in [0.2, 0.25) is 0 Å². The van der Waals surface area contributed by atoms with Crippen LogP contribution in [-0.2, 0) is 4.74 Å². The Morgan fingerprint density at radius 3 is 2.71 bits per heavy atom. The van der Waals surface area contributed by atoms with Crippen LogP contribution in [0.25, 0.3) is 0 Å². The summed E-state index contributed by atoms with van der Waals surface area (Å²) in [6.07, 6.45) is 5.64. The van der Waals surface area contributed by atoms with Crippen LogP contribution in [0.5, 0.6) is 0 Å². The van der Waals surface area contributed by atoms with Crippen molar-refractivity contribution in [1.29, 1.82) is 0 Å². The predicted molar refractivity (Wildman–Crippen MR) is 86.3 cm³/mol. The van der Waals surface area contributed by atoms with E-state index in [-0.39, 0.29) is 6.10 Å². The van der Waals surface area contributed by atoms with Crippen molar-refractivity contribution in [3.05, 3.63) is 35.9 Å². The molecule has 0 amide bonds. The summed E-state index contributed by atoms with van der Waals surface area (Å²) in [5.74, 6) is 0. The first-order valence-corrected chi connectivity index (χ1v) is 8.36. The molecule has 1 fully saturated rings. The van der Waals surface area contributed by atoms with E-state index in [1.807, 2.05) is 30.3 Å². The molecule has 21 heavy (non-hydrogen) atoms. The number of nitrogens with zero attached hydrogens (tertiary/aromatic N) is 1. The van der Waals surface area contributed by atoms with Gasteiger partial charge in [-0.2, -0.15) is 0 Å². The van der Waals surface area contributed by atoms with Gasteiger partial charge in [0, 0.05) is 19.7 Å². The summed E-state index contributed by atoms with van der Waals surface area (Å²) in [6, 6.07) is 9.95. The molecule has 0 aliphatic carbocycles. The quantitative estimate of drug-likeness (QED) is 0.797. The molecule has 0 radical (unpaired) electrons. The van der Waals surface area contributed by atoms with Crippen molar-refractivity contribution in [3.63, 3.8) is 0 Å². The Balaban J connectivity index is 1.78. The lowest BCUT2D eigenvalue weighted by Gasteiger charge is -2.30. The van der Waals surface area contributed by atoms with Crippen LogP contribution in [-0.4, -0.2) is 42.4 Å². The van der Waals surface area contributed by atoms with Gasteiger partial charge >= 0.3 is 0 Å². The van der Waals surface area contributed by atoms with Crippen LogP contribution in [0.3, 0.4) is 0 Å². The minimum atomic E-state index is -0.363. The minimum absolute atomic E-state index is 0.363. The van der Waals surface area contributed by atoms with Gasteiger partial charge in [-0.3, -0.25) is 0 Å². The zero-order chi connectivity index (χ0) is 14.9. The summed E-state index contributed by atoms with van der Waals surface area (Å²) in [6.45, 7) is 6.15. The third-order valence-corrected chi connectivity index (χ3v) is 4.18. The Bertz CT molecular complexity index is 376. The summed E-state index contributed by atoms with van der Waals surface area (Å²) in [5.41, 5.74) is 1.02. The number of aliphatic hydroxyl groups is 1. The summed E-state index contributed by atoms with van der Waals surface area (Å²) < 4.78 is 5.84. The Morgan fingerprint density at radius 1 is 1.24 bits per heavy atom. The molecule has 1 heterocycles. The molecule has 0 saturated carbocycles. The van der Waals surface area contributed by atoms with Crippen LogP contribution in [0, 0.1) is 0 Å². The molecule has 0 spiro atoms. The van der Waals surface area contributed by atoms with E-state index in [1.165, 1.54) is 19.3 Å². The minimum Gasteiger partial charge on any atom is -0.388 e. The highest BCUT2D eigenvalue weighted by atomic mass is 16.5. The molecule has 0 unspecified atom stereocenters. The van der Waals surface area contributed by atoms with Gasteiger partial charge in [0.25, 0.3) is 0 Å². The van der Waals surface area contributed by atoms with E-state index in [0.29, 0.717) is 6.10 Å². The number of hydrogen-bond acceptors (Lipinski definition) is 3. The molecule has 118 valence electrons. The molecule has 2 atom stereocenters. The molecule has 0 bridgehead atoms. The van der Waals surface area contributed by atoms with Crippen molar-refractivity contribution in [2.24, 2.45) is 0 Å². The first kappa shape index (κ1) is 16.5. The molecular formula is C18H29NO2. The predicted octanol–water partition coefficient (Wildman–Crippen LogP) is 3.39. The second-order valence-electron chi connectivity index (χ2n) is 6.00. The number of aliphatic hydroxyl groups excluding tert-OH is 1. The van der Waals surface area contributed by atoms with Gasteiger partial charge in [-0.25, -0.2) is 0 Å². The highest BCUT2D eigenvalue weighted by Crippen LogP contribution is 2.18. The lowest BCUT2D eigenvalue weighted by atomic mass is 10.1. The van der Waals surface area contributed by atoms with Gasteiger partial charge in [-0.1, -0.05) is 37.3 Å². The van der Waals surface area contributed by atoms with Gasteiger partial charge in [0.05, 0.1) is 12.2 Å². The third kappa shape index (κ3) is 5.77. The number of hydrogen-bond donors (Lipinski definition) is 1. The lowest BCUT2D eigenvalue weighted by molar-refractivity contribution is -0.00787. The Kier molecular flexibility index (Phi) is 7.20. The van der Waals surface area contributed by atoms with E-state index in [1.54, 1.807) is 0 Å². The van der Waals surface area contributed by atoms with Crippen molar-refractivity contribution >= 4 is 0 Å². The van der Waals surface area contributed by atoms with E-state index in [2.05, 4.69) is 11.8 Å². The molecule has 1 aromatic carbocycles. The van der Waals surface area contributed by atoms with E-state index in [9.17, 15) is 5.11 Å². The lowest BCUT2D eigenvalue weighted by Crippen LogP contribution is -2.37. The molecule has 3 heteroatoms. The summed E-state index contributed by atoms with van der Waals surface area (Å²) in [7, 11) is 0. The maximum atomic E-state index is 10.3. The van der Waals surface area contributed by atoms with Crippen molar-refractivity contribution in [2.45, 2.75) is 51.2 Å². The SMILES string of the molecule is CCCN(CC[C@@H](O)c1ccccc1)C[C@@H]1CCCCO1. The largest absolute Gasteiger partial charge is 0.388 e. The van der Waals surface area contributed by atoms with Crippen LogP contribution < -0.4 is 0 Å². The normalized spacial score (nSPS) is 20.6. The average Bonchev–Trinajstić information content (AvgIpc) is 2.54. The standard InChI is InChI=1S/C18H29NO2/c1-2-12-19(15-17-10-6-7-14-21-17)13-11-18(20)16-8-4-3-5-9-16/h3-5,8-9,17-18,20H,2,6-7,10-15H2,1H3/t17-,18+/m0/s1. The zero-order valence-corrected chi connectivity index (χ0v) is 13.2. The molecule has 3 nitrogen and oxygen atoms in total. The number of benzene rings is 1.